The summed E-state index contributed by atoms with van der Waals surface area (Å²) < 4.78 is 0. The van der Waals surface area contributed by atoms with Crippen LogP contribution in [0.4, 0.5) is 0 Å². The quantitative estimate of drug-likeness (QED) is 0.823. The maximum absolute atomic E-state index is 12.8. The third kappa shape index (κ3) is 4.13. The first kappa shape index (κ1) is 18.2. The number of benzene rings is 2. The van der Waals surface area contributed by atoms with Gasteiger partial charge in [-0.15, -0.1) is 0 Å². The Labute approximate surface area is 154 Å². The molecule has 136 valence electrons. The number of carbonyl (C=O) groups excluding carboxylic acids is 1. The zero-order chi connectivity index (χ0) is 18.4. The molecule has 2 N–H and O–H groups in total. The lowest BCUT2D eigenvalue weighted by Gasteiger charge is -2.34. The van der Waals surface area contributed by atoms with Crippen molar-refractivity contribution in [2.24, 2.45) is 0 Å². The minimum absolute atomic E-state index is 0.0909. The Balaban J connectivity index is 1.80. The van der Waals surface area contributed by atoms with Crippen molar-refractivity contribution >= 4 is 11.9 Å². The Morgan fingerprint density at radius 1 is 0.885 bits per heavy atom. The largest absolute Gasteiger partial charge is 0.480 e. The molecule has 0 aromatic heterocycles. The smallest absolute Gasteiger partial charge is 0.329 e. The van der Waals surface area contributed by atoms with Gasteiger partial charge in [-0.3, -0.25) is 4.79 Å². The van der Waals surface area contributed by atoms with E-state index in [1.54, 1.807) is 0 Å². The molecule has 4 heteroatoms. The van der Waals surface area contributed by atoms with Gasteiger partial charge in [-0.25, -0.2) is 4.79 Å². The van der Waals surface area contributed by atoms with Crippen molar-refractivity contribution in [1.82, 2.24) is 5.32 Å². The van der Waals surface area contributed by atoms with E-state index in [4.69, 9.17) is 0 Å². The maximum Gasteiger partial charge on any atom is 0.329 e. The standard InChI is InChI=1S/C22H25NO3/c24-20(23-22(21(25)26)14-8-3-9-15-22)16-19(17-10-4-1-5-11-17)18-12-6-2-7-13-18/h1-2,4-7,10-13,19H,3,8-9,14-16H2,(H,23,24)(H,25,26). The van der Waals surface area contributed by atoms with Crippen LogP contribution in [0.2, 0.25) is 0 Å². The van der Waals surface area contributed by atoms with E-state index in [1.165, 1.54) is 0 Å². The Kier molecular flexibility index (Phi) is 5.71. The van der Waals surface area contributed by atoms with E-state index in [0.29, 0.717) is 12.8 Å². The molecule has 0 heterocycles. The van der Waals surface area contributed by atoms with Crippen molar-refractivity contribution in [2.45, 2.75) is 50.0 Å². The van der Waals surface area contributed by atoms with Crippen LogP contribution < -0.4 is 5.32 Å². The summed E-state index contributed by atoms with van der Waals surface area (Å²) in [5.41, 5.74) is 1.01. The van der Waals surface area contributed by atoms with Crippen LogP contribution in [0.5, 0.6) is 0 Å². The maximum atomic E-state index is 12.8. The van der Waals surface area contributed by atoms with Gasteiger partial charge < -0.3 is 10.4 Å². The van der Waals surface area contributed by atoms with Gasteiger partial charge in [-0.1, -0.05) is 79.9 Å². The molecule has 3 rings (SSSR count). The van der Waals surface area contributed by atoms with Gasteiger partial charge in [0.25, 0.3) is 0 Å². The predicted molar refractivity (Wildman–Crippen MR) is 101 cm³/mol. The molecule has 26 heavy (non-hydrogen) atoms. The number of hydrogen-bond acceptors (Lipinski definition) is 2. The molecule has 1 amide bonds. The number of aliphatic carboxylic acids is 1. The first-order valence-corrected chi connectivity index (χ1v) is 9.25. The Morgan fingerprint density at radius 3 is 1.85 bits per heavy atom. The molecule has 1 saturated carbocycles. The lowest BCUT2D eigenvalue weighted by atomic mass is 9.81. The van der Waals surface area contributed by atoms with Crippen LogP contribution in [0.3, 0.4) is 0 Å². The number of carboxylic acid groups (broad SMARTS) is 1. The van der Waals surface area contributed by atoms with E-state index in [1.807, 2.05) is 60.7 Å². The average molecular weight is 351 g/mol. The zero-order valence-electron chi connectivity index (χ0n) is 14.9. The van der Waals surface area contributed by atoms with Gasteiger partial charge in [0.15, 0.2) is 0 Å². The van der Waals surface area contributed by atoms with Crippen LogP contribution in [0.1, 0.15) is 55.6 Å². The molecule has 0 radical (unpaired) electrons. The molecular formula is C22H25NO3. The molecular weight excluding hydrogens is 326 g/mol. The van der Waals surface area contributed by atoms with Crippen LogP contribution in [0.25, 0.3) is 0 Å². The number of carbonyl (C=O) groups is 2. The minimum atomic E-state index is -1.10. The molecule has 1 aliphatic carbocycles. The number of rotatable bonds is 6. The van der Waals surface area contributed by atoms with Gasteiger partial charge in [-0.05, 0) is 24.0 Å². The van der Waals surface area contributed by atoms with Crippen molar-refractivity contribution in [3.63, 3.8) is 0 Å². The van der Waals surface area contributed by atoms with Gasteiger partial charge in [0.1, 0.15) is 5.54 Å². The fraction of sp³-hybridized carbons (Fsp3) is 0.364. The number of amides is 1. The summed E-state index contributed by atoms with van der Waals surface area (Å²) in [7, 11) is 0. The Hall–Kier alpha value is -2.62. The van der Waals surface area contributed by atoms with Gasteiger partial charge in [0.2, 0.25) is 5.91 Å². The van der Waals surface area contributed by atoms with Gasteiger partial charge >= 0.3 is 5.97 Å². The Morgan fingerprint density at radius 2 is 1.38 bits per heavy atom. The van der Waals surface area contributed by atoms with E-state index in [2.05, 4.69) is 5.32 Å². The molecule has 0 atom stereocenters. The number of carboxylic acids is 1. The van der Waals surface area contributed by atoms with Crippen LogP contribution in [-0.4, -0.2) is 22.5 Å². The summed E-state index contributed by atoms with van der Waals surface area (Å²) in [6.07, 6.45) is 3.97. The van der Waals surface area contributed by atoms with Gasteiger partial charge in [-0.2, -0.15) is 0 Å². The average Bonchev–Trinajstić information content (AvgIpc) is 2.68. The van der Waals surface area contributed by atoms with Gasteiger partial charge in [0, 0.05) is 12.3 Å². The fourth-order valence-electron chi connectivity index (χ4n) is 3.85. The number of nitrogens with one attached hydrogen (secondary N) is 1. The molecule has 1 fully saturated rings. The number of hydrogen-bond donors (Lipinski definition) is 2. The lowest BCUT2D eigenvalue weighted by molar-refractivity contribution is -0.149. The van der Waals surface area contributed by atoms with E-state index in [0.717, 1.165) is 30.4 Å². The highest BCUT2D eigenvalue weighted by molar-refractivity contribution is 5.87. The minimum Gasteiger partial charge on any atom is -0.480 e. The molecule has 0 aliphatic heterocycles. The molecule has 1 aliphatic rings. The third-order valence-electron chi connectivity index (χ3n) is 5.29. The van der Waals surface area contributed by atoms with E-state index in [9.17, 15) is 14.7 Å². The topological polar surface area (TPSA) is 66.4 Å². The molecule has 0 saturated heterocycles. The summed E-state index contributed by atoms with van der Waals surface area (Å²) >= 11 is 0. The monoisotopic (exact) mass is 351 g/mol. The lowest BCUT2D eigenvalue weighted by Crippen LogP contribution is -2.55. The van der Waals surface area contributed by atoms with E-state index >= 15 is 0 Å². The highest BCUT2D eigenvalue weighted by atomic mass is 16.4. The summed E-state index contributed by atoms with van der Waals surface area (Å²) in [6, 6.07) is 19.8. The molecule has 0 bridgehead atoms. The van der Waals surface area contributed by atoms with Crippen LogP contribution in [-0.2, 0) is 9.59 Å². The first-order chi connectivity index (χ1) is 12.6. The van der Waals surface area contributed by atoms with Gasteiger partial charge in [0.05, 0.1) is 0 Å². The van der Waals surface area contributed by atoms with Crippen molar-refractivity contribution in [3.8, 4) is 0 Å². The van der Waals surface area contributed by atoms with Crippen molar-refractivity contribution in [3.05, 3.63) is 71.8 Å². The summed E-state index contributed by atoms with van der Waals surface area (Å²) in [4.78, 5) is 24.6. The molecule has 2 aromatic carbocycles. The molecule has 0 unspecified atom stereocenters. The fourth-order valence-corrected chi connectivity index (χ4v) is 3.85. The molecule has 0 spiro atoms. The summed E-state index contributed by atoms with van der Waals surface area (Å²) in [5, 5.41) is 12.6. The second kappa shape index (κ2) is 8.17. The molecule has 4 nitrogen and oxygen atoms in total. The molecule has 2 aromatic rings. The van der Waals surface area contributed by atoms with Crippen molar-refractivity contribution in [2.75, 3.05) is 0 Å². The first-order valence-electron chi connectivity index (χ1n) is 9.25. The zero-order valence-corrected chi connectivity index (χ0v) is 14.9. The van der Waals surface area contributed by atoms with E-state index in [-0.39, 0.29) is 18.2 Å². The van der Waals surface area contributed by atoms with Crippen LogP contribution in [0, 0.1) is 0 Å². The highest BCUT2D eigenvalue weighted by Gasteiger charge is 2.41. The van der Waals surface area contributed by atoms with Crippen LogP contribution >= 0.6 is 0 Å². The normalized spacial score (nSPS) is 16.2. The van der Waals surface area contributed by atoms with E-state index < -0.39 is 11.5 Å². The second-order valence-corrected chi connectivity index (χ2v) is 7.07. The summed E-state index contributed by atoms with van der Waals surface area (Å²) in [5.74, 6) is -1.21. The van der Waals surface area contributed by atoms with Crippen molar-refractivity contribution < 1.29 is 14.7 Å². The highest BCUT2D eigenvalue weighted by Crippen LogP contribution is 2.31. The summed E-state index contributed by atoms with van der Waals surface area (Å²) in [6.45, 7) is 0. The third-order valence-corrected chi connectivity index (χ3v) is 5.29. The second-order valence-electron chi connectivity index (χ2n) is 7.07. The Bertz CT molecular complexity index is 697. The predicted octanol–water partition coefficient (Wildman–Crippen LogP) is 4.11. The van der Waals surface area contributed by atoms with Crippen LogP contribution in [0.15, 0.2) is 60.7 Å². The SMILES string of the molecule is O=C(CC(c1ccccc1)c1ccccc1)NC1(C(=O)O)CCCCC1. The van der Waals surface area contributed by atoms with Crippen molar-refractivity contribution in [1.29, 1.82) is 0 Å².